The largest absolute Gasteiger partial charge is 0.477 e. The molecule has 1 fully saturated rings. The van der Waals surface area contributed by atoms with E-state index in [2.05, 4.69) is 30.9 Å². The molecule has 0 bridgehead atoms. The summed E-state index contributed by atoms with van der Waals surface area (Å²) in [5.74, 6) is -1.18. The number of tetrazole rings is 1. The molecule has 2 aromatic rings. The molecule has 1 saturated heterocycles. The third-order valence-electron chi connectivity index (χ3n) is 4.85. The average Bonchev–Trinajstić information content (AvgIpc) is 3.46. The van der Waals surface area contributed by atoms with Crippen molar-refractivity contribution in [3.63, 3.8) is 0 Å². The van der Waals surface area contributed by atoms with Crippen molar-refractivity contribution in [2.75, 3.05) is 24.4 Å². The van der Waals surface area contributed by atoms with Crippen LogP contribution in [0.15, 0.2) is 29.1 Å². The van der Waals surface area contributed by atoms with E-state index in [1.807, 2.05) is 0 Å². The number of ether oxygens (including phenoxy) is 1. The van der Waals surface area contributed by atoms with Gasteiger partial charge in [0.25, 0.3) is 11.6 Å². The molecule has 0 aliphatic carbocycles. The topological polar surface area (TPSA) is 170 Å². The van der Waals surface area contributed by atoms with E-state index in [0.29, 0.717) is 28.1 Å². The number of amides is 2. The normalized spacial score (nSPS) is 22.2. The first kappa shape index (κ1) is 23.5. The van der Waals surface area contributed by atoms with Crippen LogP contribution >= 0.6 is 35.3 Å². The first-order valence-corrected chi connectivity index (χ1v) is 12.6. The lowest BCUT2D eigenvalue weighted by Crippen LogP contribution is -2.80. The summed E-state index contributed by atoms with van der Waals surface area (Å²) in [6.07, 6.45) is 2.84. The van der Waals surface area contributed by atoms with Crippen LogP contribution in [0.3, 0.4) is 0 Å². The van der Waals surface area contributed by atoms with Crippen LogP contribution in [0.2, 0.25) is 0 Å². The number of aromatic nitrogens is 7. The zero-order valence-corrected chi connectivity index (χ0v) is 19.9. The second kappa shape index (κ2) is 9.70. The van der Waals surface area contributed by atoms with Gasteiger partial charge >= 0.3 is 5.97 Å². The lowest BCUT2D eigenvalue weighted by molar-refractivity contribution is -0.192. The van der Waals surface area contributed by atoms with Gasteiger partial charge < -0.3 is 15.2 Å². The van der Waals surface area contributed by atoms with Crippen LogP contribution in [0.4, 0.5) is 0 Å². The number of carbonyl (C=O) groups excluding carboxylic acids is 2. The number of nitrogens with one attached hydrogen (secondary N) is 1. The highest BCUT2D eigenvalue weighted by Crippen LogP contribution is 2.47. The molecule has 2 N–H and O–H groups in total. The monoisotopic (exact) mass is 513 g/mol. The Morgan fingerprint density at radius 1 is 1.45 bits per heavy atom. The Kier molecular flexibility index (Phi) is 6.91. The number of hydrogen-bond donors (Lipinski definition) is 2. The van der Waals surface area contributed by atoms with Crippen molar-refractivity contribution >= 4 is 53.1 Å². The predicted octanol–water partition coefficient (Wildman–Crippen LogP) is -1.00. The summed E-state index contributed by atoms with van der Waals surface area (Å²) in [4.78, 5) is 43.0. The number of β-lactam (4-membered cyclic amide) rings is 1. The van der Waals surface area contributed by atoms with Gasteiger partial charge in [0, 0.05) is 25.7 Å². The van der Waals surface area contributed by atoms with Gasteiger partial charge in [-0.05, 0) is 16.0 Å². The van der Waals surface area contributed by atoms with Crippen LogP contribution in [0, 0.1) is 0 Å². The summed E-state index contributed by atoms with van der Waals surface area (Å²) in [5, 5.41) is 27.1. The number of methoxy groups -OCH3 is 1. The molecule has 176 valence electrons. The number of rotatable bonds is 10. The smallest absolute Gasteiger partial charge is 0.352 e. The van der Waals surface area contributed by atoms with Crippen LogP contribution in [-0.4, -0.2) is 98.2 Å². The van der Waals surface area contributed by atoms with Gasteiger partial charge in [0.05, 0.1) is 11.6 Å². The highest BCUT2D eigenvalue weighted by molar-refractivity contribution is 8.01. The van der Waals surface area contributed by atoms with E-state index in [0.717, 1.165) is 0 Å². The summed E-state index contributed by atoms with van der Waals surface area (Å²) in [6.45, 7) is 0. The molecule has 0 radical (unpaired) electrons. The van der Waals surface area contributed by atoms with Crippen molar-refractivity contribution in [1.29, 1.82) is 0 Å². The maximum Gasteiger partial charge on any atom is 0.352 e. The molecule has 33 heavy (non-hydrogen) atoms. The number of carbonyl (C=O) groups is 3. The zero-order valence-electron chi connectivity index (χ0n) is 17.4. The van der Waals surface area contributed by atoms with E-state index in [1.54, 1.807) is 11.7 Å². The van der Waals surface area contributed by atoms with Crippen LogP contribution in [0.5, 0.6) is 0 Å². The second-order valence-electron chi connectivity index (χ2n) is 6.87. The van der Waals surface area contributed by atoms with E-state index < -0.39 is 28.9 Å². The summed E-state index contributed by atoms with van der Waals surface area (Å²) < 4.78 is 8.49. The molecule has 14 nitrogen and oxygen atoms in total. The van der Waals surface area contributed by atoms with E-state index in [9.17, 15) is 19.5 Å². The molecule has 0 saturated carbocycles. The summed E-state index contributed by atoms with van der Waals surface area (Å²) in [7, 11) is 3.05. The van der Waals surface area contributed by atoms with Crippen molar-refractivity contribution < 1.29 is 24.2 Å². The van der Waals surface area contributed by atoms with Gasteiger partial charge in [-0.25, -0.2) is 19.1 Å². The minimum Gasteiger partial charge on any atom is -0.477 e. The summed E-state index contributed by atoms with van der Waals surface area (Å²) >= 11 is 3.91. The maximum absolute atomic E-state index is 13.1. The van der Waals surface area contributed by atoms with Gasteiger partial charge in [-0.3, -0.25) is 14.5 Å². The molecule has 0 spiro atoms. The Balaban J connectivity index is 1.44. The molecule has 4 heterocycles. The fraction of sp³-hybridized carbons (Fsp3) is 0.500. The Morgan fingerprint density at radius 2 is 2.27 bits per heavy atom. The molecule has 2 atom stereocenters. The van der Waals surface area contributed by atoms with E-state index in [4.69, 9.17) is 4.74 Å². The Labute approximate surface area is 199 Å². The highest BCUT2D eigenvalue weighted by Gasteiger charge is 2.66. The molecule has 17 heteroatoms. The molecule has 0 aromatic carbocycles. The molecular formula is C16H19N9O5S3. The molecule has 4 rings (SSSR count). The van der Waals surface area contributed by atoms with Gasteiger partial charge in [0.2, 0.25) is 5.91 Å². The van der Waals surface area contributed by atoms with E-state index in [-0.39, 0.29) is 11.4 Å². The van der Waals surface area contributed by atoms with Gasteiger partial charge in [-0.2, -0.15) is 5.10 Å². The van der Waals surface area contributed by atoms with Crippen molar-refractivity contribution in [1.82, 2.24) is 45.2 Å². The van der Waals surface area contributed by atoms with Crippen LogP contribution < -0.4 is 5.32 Å². The van der Waals surface area contributed by atoms with E-state index >= 15 is 0 Å². The minimum absolute atomic E-state index is 0.0385. The fourth-order valence-corrected chi connectivity index (χ4v) is 6.46. The van der Waals surface area contributed by atoms with Crippen molar-refractivity contribution in [2.24, 2.45) is 7.05 Å². The fourth-order valence-electron chi connectivity index (χ4n) is 3.34. The van der Waals surface area contributed by atoms with Gasteiger partial charge in [-0.15, -0.1) is 28.6 Å². The van der Waals surface area contributed by atoms with Gasteiger partial charge in [-0.1, -0.05) is 11.8 Å². The SMILES string of the molecule is COC1(NC(=O)CSCn2cnnn2)C(=O)N2C(C(=O)O)=C(CSc3ncnn3C)CSC21. The number of hydrogen-bond acceptors (Lipinski definition) is 12. The first-order valence-electron chi connectivity index (χ1n) is 9.39. The third-order valence-corrected chi connectivity index (χ3v) is 8.26. The molecule has 2 aromatic heterocycles. The average molecular weight is 514 g/mol. The first-order chi connectivity index (χ1) is 15.9. The number of nitrogens with zero attached hydrogens (tertiary/aromatic N) is 8. The molecule has 2 unspecified atom stereocenters. The number of thioether (sulfide) groups is 3. The third kappa shape index (κ3) is 4.44. The Bertz CT molecular complexity index is 1090. The minimum atomic E-state index is -1.62. The van der Waals surface area contributed by atoms with Gasteiger partial charge in [0.1, 0.15) is 23.7 Å². The number of aryl methyl sites for hydroxylation is 1. The maximum atomic E-state index is 13.1. The van der Waals surface area contributed by atoms with Crippen molar-refractivity contribution in [2.45, 2.75) is 22.1 Å². The molecule has 2 amide bonds. The lowest BCUT2D eigenvalue weighted by atomic mass is 9.98. The number of aliphatic carboxylic acids is 1. The van der Waals surface area contributed by atoms with Crippen molar-refractivity contribution in [3.8, 4) is 0 Å². The lowest BCUT2D eigenvalue weighted by Gasteiger charge is -2.55. The zero-order chi connectivity index (χ0) is 23.6. The molecule has 2 aliphatic heterocycles. The van der Waals surface area contributed by atoms with Crippen LogP contribution in [0.1, 0.15) is 0 Å². The van der Waals surface area contributed by atoms with E-state index in [1.165, 1.54) is 64.6 Å². The summed E-state index contributed by atoms with van der Waals surface area (Å²) in [6, 6.07) is 0. The van der Waals surface area contributed by atoms with Gasteiger partial charge in [0.15, 0.2) is 5.16 Å². The standard InChI is InChI=1S/C16H19N9O5S3/c1-23-15(17-6-19-23)33-4-9-3-32-14-16(30-2,13(29)25(14)11(9)12(27)28)20-10(26)5-31-8-24-7-18-21-22-24/h6-7,14H,3-5,8H2,1-2H3,(H,20,26)(H,27,28). The molecular weight excluding hydrogens is 494 g/mol. The number of carboxylic acids is 1. The van der Waals surface area contributed by atoms with Crippen LogP contribution in [-0.2, 0) is 32.0 Å². The Morgan fingerprint density at radius 3 is 2.91 bits per heavy atom. The highest BCUT2D eigenvalue weighted by atomic mass is 32.2. The summed E-state index contributed by atoms with van der Waals surface area (Å²) in [5.41, 5.74) is -1.13. The quantitative estimate of drug-likeness (QED) is 0.225. The Hall–Kier alpha value is -2.63. The number of carboxylic acid groups (broad SMARTS) is 1. The van der Waals surface area contributed by atoms with Crippen molar-refractivity contribution in [3.05, 3.63) is 23.9 Å². The molecule has 2 aliphatic rings. The van der Waals surface area contributed by atoms with Crippen LogP contribution in [0.25, 0.3) is 0 Å². The second-order valence-corrected chi connectivity index (χ2v) is 9.83. The predicted molar refractivity (Wildman–Crippen MR) is 118 cm³/mol. The number of fused-ring (bicyclic) bond motifs is 1.